The first-order valence-corrected chi connectivity index (χ1v) is 40.9. The summed E-state index contributed by atoms with van der Waals surface area (Å²) < 4.78 is 125. The van der Waals surface area contributed by atoms with Crippen molar-refractivity contribution in [1.29, 1.82) is 0 Å². The Bertz CT molecular complexity index is 4660. The highest BCUT2D eigenvalue weighted by molar-refractivity contribution is 7.47. The SMILES string of the molecule is CC(C)(C)OC(=O)N[C@@H](CC[C@H]1CCCN1)C(=O)O[C@H]1[C@@H](O)[C@H](n2cnc3c(N)ncnc32)O[C@@H]1COP(=O)(O)O[C@H]1C[C@H](n2ccc(N)nc2=O)O[C@@H]1COP(=O)(O)O.Nc1ccn([C@H]2C[C@H](OP(=O)(O)OC[C@H]3O[C@@H](n4cnc5c(N)ncnc54)[C@H](O)[C@@H]3OC(=O)[C@@H](N)CC[C@H]3CNCN3)[C@@H](COP(=O)(O)O)O2)c(=O)n1. The van der Waals surface area contributed by atoms with Crippen LogP contribution in [0.4, 0.5) is 28.1 Å². The molecule has 113 heavy (non-hydrogen) atoms. The Labute approximate surface area is 638 Å². The van der Waals surface area contributed by atoms with Crippen LogP contribution < -0.4 is 61.3 Å². The summed E-state index contributed by atoms with van der Waals surface area (Å²) in [5.41, 5.74) is 27.1. The van der Waals surface area contributed by atoms with Crippen LogP contribution in [-0.2, 0) is 88.1 Å². The number of esters is 2. The zero-order chi connectivity index (χ0) is 81.6. The zero-order valence-electron chi connectivity index (χ0n) is 60.2. The molecule has 6 saturated heterocycles. The van der Waals surface area contributed by atoms with Gasteiger partial charge in [-0.05, 0) is 78.0 Å². The number of aliphatic hydroxyl groups is 2. The Morgan fingerprint density at radius 3 is 1.52 bits per heavy atom. The number of nitrogens with one attached hydrogen (secondary N) is 4. The second kappa shape index (κ2) is 36.2. The second-order valence-corrected chi connectivity index (χ2v) is 32.9. The molecule has 20 atom stereocenters. The number of nitrogen functional groups attached to an aromatic ring is 4. The lowest BCUT2D eigenvalue weighted by Crippen LogP contribution is -2.48. The molecule has 51 nitrogen and oxygen atoms in total. The maximum absolute atomic E-state index is 13.9. The van der Waals surface area contributed by atoms with E-state index in [0.717, 1.165) is 41.2 Å². The molecule has 0 aliphatic carbocycles. The van der Waals surface area contributed by atoms with E-state index in [1.54, 1.807) is 20.8 Å². The smallest absolute Gasteiger partial charge is 0.455 e. The van der Waals surface area contributed by atoms with Gasteiger partial charge in [0.05, 0.1) is 39.1 Å². The van der Waals surface area contributed by atoms with Crippen LogP contribution in [0.25, 0.3) is 22.3 Å². The molecule has 1 amide bonds. The molecular weight excluding hydrogens is 1590 g/mol. The quantitative estimate of drug-likeness (QED) is 0.0115. The number of phosphoric acid groups is 4. The minimum absolute atomic E-state index is 0.0143. The molecule has 0 saturated carbocycles. The van der Waals surface area contributed by atoms with Gasteiger partial charge in [-0.1, -0.05) is 0 Å². The molecule has 6 aliphatic heterocycles. The number of fused-ring (bicyclic) bond motifs is 2. The van der Waals surface area contributed by atoms with Gasteiger partial charge in [0.2, 0.25) is 0 Å². The minimum atomic E-state index is -5.21. The topological polar surface area (TPSA) is 737 Å². The van der Waals surface area contributed by atoms with E-state index in [9.17, 15) is 81.8 Å². The summed E-state index contributed by atoms with van der Waals surface area (Å²) in [7, 11) is -20.4. The lowest BCUT2D eigenvalue weighted by molar-refractivity contribution is -0.159. The standard InChI is InChI=1S/C32H48N10O16P2.C26H39N11O14P2/c1-32(2,3)57-31(46)39-17(7-6-16-5-4-9-35-16)29(44)56-25-20(55-28(24(25)43)42-15-38-23-26(34)36-14-37-27(23)42)13-53-60(50,51)58-18-11-22(41-10-8-21(33)40-30(41)45)54-19(18)12-52-59(47,48)49;27-13(2-1-12-6-30-9-31-12)25(39)50-21-16(49-24(20(21)38)37-11-34-19-22(29)32-10-33-23(19)37)8-47-53(44,45)51-14-5-18(36-4-3-17(28)35-26(36)40)48-15(14)7-46-52(41,42)43/h8,10,14-20,22,24-25,28,35,43H,4-7,9,11-13H2,1-3H3,(H,39,46)(H,50,51)(H2,33,40,45)(H2,34,36,37)(H2,47,48,49);3-4,10-16,18,20-21,24,30-31,38H,1-2,5-9,27H2,(H,44,45)(H2,28,35,40)(H2,29,32,33)(H2,41,42,43)/t16-,17+,18+,19-,20-,22-,24-,25-,28-;12-,13-,14-,15+,16+,18+,20+,21+,24+/m10/s1. The highest BCUT2D eigenvalue weighted by Gasteiger charge is 2.53. The predicted octanol–water partition coefficient (Wildman–Crippen LogP) is -3.31. The van der Waals surface area contributed by atoms with E-state index in [1.165, 1.54) is 46.3 Å². The molecule has 12 heterocycles. The number of carbonyl (C=O) groups excluding carboxylic acids is 3. The third-order valence-electron chi connectivity index (χ3n) is 18.3. The molecular formula is C58H87N21O30P4. The van der Waals surface area contributed by atoms with Gasteiger partial charge in [-0.3, -0.25) is 50.2 Å². The Balaban J connectivity index is 0.000000225. The van der Waals surface area contributed by atoms with Crippen LogP contribution in [0.5, 0.6) is 0 Å². The molecule has 55 heteroatoms. The summed E-state index contributed by atoms with van der Waals surface area (Å²) >= 11 is 0. The number of imidazole rings is 2. The molecule has 6 aromatic rings. The number of phosphoric ester groups is 4. The number of amides is 1. The number of hydrogen-bond acceptors (Lipinski definition) is 40. The summed E-state index contributed by atoms with van der Waals surface area (Å²) in [6.45, 7) is 3.70. The second-order valence-electron chi connectivity index (χ2n) is 27.6. The molecule has 624 valence electrons. The molecule has 2 unspecified atom stereocenters. The van der Waals surface area contributed by atoms with Gasteiger partial charge in [-0.25, -0.2) is 67.3 Å². The summed E-state index contributed by atoms with van der Waals surface area (Å²) in [6, 6.07) is 0.375. The van der Waals surface area contributed by atoms with E-state index >= 15 is 0 Å². The van der Waals surface area contributed by atoms with E-state index in [-0.39, 0.29) is 83.4 Å². The Kier molecular flexibility index (Phi) is 27.6. The van der Waals surface area contributed by atoms with Crippen molar-refractivity contribution < 1.29 is 133 Å². The van der Waals surface area contributed by atoms with E-state index < -0.39 is 191 Å². The fourth-order valence-corrected chi connectivity index (χ4v) is 15.6. The molecule has 6 aliphatic rings. The van der Waals surface area contributed by atoms with Gasteiger partial charge in [-0.15, -0.1) is 0 Å². The van der Waals surface area contributed by atoms with E-state index in [0.29, 0.717) is 26.1 Å². The molecule has 12 rings (SSSR count). The van der Waals surface area contributed by atoms with Crippen molar-refractivity contribution in [1.82, 2.24) is 79.4 Å². The van der Waals surface area contributed by atoms with Gasteiger partial charge in [0.25, 0.3) is 0 Å². The maximum atomic E-state index is 13.9. The molecule has 0 bridgehead atoms. The third kappa shape index (κ3) is 22.7. The first-order chi connectivity index (χ1) is 53.2. The van der Waals surface area contributed by atoms with Gasteiger partial charge in [0, 0.05) is 50.5 Å². The Hall–Kier alpha value is -7.69. The van der Waals surface area contributed by atoms with E-state index in [1.807, 2.05) is 0 Å². The van der Waals surface area contributed by atoms with Gasteiger partial charge in [-0.2, -0.15) is 9.97 Å². The van der Waals surface area contributed by atoms with Crippen LogP contribution in [-0.4, -0.2) is 253 Å². The molecule has 0 aromatic carbocycles. The van der Waals surface area contributed by atoms with Crippen LogP contribution in [0, 0.1) is 0 Å². The van der Waals surface area contributed by atoms with Crippen LogP contribution in [0.1, 0.15) is 97.0 Å². The van der Waals surface area contributed by atoms with Crippen LogP contribution >= 0.6 is 31.3 Å². The lowest BCUT2D eigenvalue weighted by atomic mass is 10.0. The molecule has 0 spiro atoms. The first kappa shape index (κ1) is 86.2. The number of carbonyl (C=O) groups is 3. The number of aliphatic hydroxyl groups excluding tert-OH is 2. The summed E-state index contributed by atoms with van der Waals surface area (Å²) in [5, 5.41) is 35.3. The number of alkyl carbamates (subject to hydrolysis) is 1. The zero-order valence-corrected chi connectivity index (χ0v) is 63.8. The maximum Gasteiger partial charge on any atom is 0.472 e. The van der Waals surface area contributed by atoms with Gasteiger partial charge in [0.15, 0.2) is 47.6 Å². The number of hydrogen-bond donors (Lipinski definition) is 17. The number of anilines is 4. The monoisotopic (exact) mass is 1680 g/mol. The summed E-state index contributed by atoms with van der Waals surface area (Å²) in [5.74, 6) is -2.00. The first-order valence-electron chi connectivity index (χ1n) is 34.8. The van der Waals surface area contributed by atoms with Crippen molar-refractivity contribution in [2.45, 2.75) is 188 Å². The van der Waals surface area contributed by atoms with Crippen LogP contribution in [0.15, 0.2) is 59.4 Å². The predicted molar refractivity (Wildman–Crippen MR) is 380 cm³/mol. The van der Waals surface area contributed by atoms with Crippen LogP contribution in [0.3, 0.4) is 0 Å². The highest BCUT2D eigenvalue weighted by atomic mass is 31.2. The number of nitrogens with zero attached hydrogens (tertiary/aromatic N) is 12. The van der Waals surface area contributed by atoms with Crippen molar-refractivity contribution in [3.05, 3.63) is 70.8 Å². The van der Waals surface area contributed by atoms with E-state index in [4.69, 9.17) is 79.9 Å². The summed E-state index contributed by atoms with van der Waals surface area (Å²) in [4.78, 5) is 155. The largest absolute Gasteiger partial charge is 0.472 e. The molecule has 6 fully saturated rings. The lowest BCUT2D eigenvalue weighted by Gasteiger charge is -2.27. The number of ether oxygens (including phenoxy) is 7. The Morgan fingerprint density at radius 1 is 0.619 bits per heavy atom. The fraction of sp³-hybridized carbons (Fsp3) is 0.638. The highest BCUT2D eigenvalue weighted by Crippen LogP contribution is 2.52. The van der Waals surface area contributed by atoms with Crippen molar-refractivity contribution in [3.8, 4) is 0 Å². The van der Waals surface area contributed by atoms with Crippen LogP contribution in [0.2, 0.25) is 0 Å². The van der Waals surface area contributed by atoms with Crippen molar-refractivity contribution in [3.63, 3.8) is 0 Å². The Morgan fingerprint density at radius 2 is 1.09 bits per heavy atom. The number of aromatic nitrogens is 12. The normalized spacial score (nSPS) is 28.4. The minimum Gasteiger partial charge on any atom is -0.455 e. The number of nitrogens with two attached hydrogens (primary N) is 5. The molecule has 22 N–H and O–H groups in total. The van der Waals surface area contributed by atoms with E-state index in [2.05, 4.69) is 70.2 Å². The number of rotatable bonds is 31. The van der Waals surface area contributed by atoms with Gasteiger partial charge >= 0.3 is 60.7 Å². The van der Waals surface area contributed by atoms with Gasteiger partial charge < -0.3 is 123 Å². The third-order valence-corrected chi connectivity index (χ3v) is 21.3. The van der Waals surface area contributed by atoms with Crippen molar-refractivity contribution in [2.75, 3.05) is 69.1 Å². The fourth-order valence-electron chi connectivity index (χ4n) is 12.9. The molecule has 0 radical (unpaired) electrons. The van der Waals surface area contributed by atoms with Crippen molar-refractivity contribution >= 4 is 94.9 Å². The van der Waals surface area contributed by atoms with Crippen molar-refractivity contribution in [2.24, 2.45) is 5.73 Å². The molecule has 6 aromatic heterocycles. The summed E-state index contributed by atoms with van der Waals surface area (Å²) in [6.07, 6.45) is -11.3. The average Bonchev–Trinajstić information content (AvgIpc) is 1.62. The van der Waals surface area contributed by atoms with Gasteiger partial charge in [0.1, 0.15) is 114 Å². The average molecular weight is 1680 g/mol.